The van der Waals surface area contributed by atoms with Gasteiger partial charge in [-0.1, -0.05) is 48.6 Å². The van der Waals surface area contributed by atoms with Gasteiger partial charge >= 0.3 is 0 Å². The third-order valence-corrected chi connectivity index (χ3v) is 1.60. The maximum atomic E-state index is 8.19. The highest BCUT2D eigenvalue weighted by Crippen LogP contribution is 2.00. The van der Waals surface area contributed by atoms with Crippen LogP contribution >= 0.6 is 0 Å². The van der Waals surface area contributed by atoms with E-state index in [0.29, 0.717) is 0 Å². The van der Waals surface area contributed by atoms with Crippen molar-refractivity contribution in [2.24, 2.45) is 0 Å². The van der Waals surface area contributed by atoms with E-state index in [9.17, 15) is 0 Å². The van der Waals surface area contributed by atoms with Crippen molar-refractivity contribution in [3.63, 3.8) is 0 Å². The van der Waals surface area contributed by atoms with E-state index in [0.717, 1.165) is 17.7 Å². The van der Waals surface area contributed by atoms with E-state index < -0.39 is 0 Å². The van der Waals surface area contributed by atoms with Gasteiger partial charge in [0.05, 0.1) is 18.2 Å². The zero-order valence-electron chi connectivity index (χ0n) is 9.69. The van der Waals surface area contributed by atoms with Gasteiger partial charge in [0, 0.05) is 18.2 Å². The molecule has 0 atom stereocenters. The van der Waals surface area contributed by atoms with Crippen molar-refractivity contribution in [3.05, 3.63) is 66.3 Å². The summed E-state index contributed by atoms with van der Waals surface area (Å²) in [6, 6.07) is 15.2. The smallest absolute Gasteiger partial charge is 0.0919 e. The number of rotatable bonds is 2. The molecule has 1 aromatic carbocycles. The molecule has 1 rings (SSSR count). The Balaban J connectivity index is 0.000000411. The molecule has 0 bridgehead atoms. The molecule has 0 aliphatic carbocycles. The van der Waals surface area contributed by atoms with Crippen molar-refractivity contribution in [1.82, 2.24) is 0 Å². The van der Waals surface area contributed by atoms with Crippen molar-refractivity contribution in [1.29, 1.82) is 15.8 Å². The molecule has 0 N–H and O–H groups in total. The molecule has 1 aromatic rings. The average molecular weight is 233 g/mol. The Morgan fingerprint density at radius 1 is 0.722 bits per heavy atom. The Morgan fingerprint density at radius 3 is 1.78 bits per heavy atom. The van der Waals surface area contributed by atoms with Crippen LogP contribution in [0, 0.1) is 34.0 Å². The number of nitriles is 3. The van der Waals surface area contributed by atoms with Crippen LogP contribution in [-0.4, -0.2) is 0 Å². The van der Waals surface area contributed by atoms with Gasteiger partial charge in [0.1, 0.15) is 0 Å². The van der Waals surface area contributed by atoms with Crippen LogP contribution in [0.3, 0.4) is 0 Å². The largest absolute Gasteiger partial charge is 0.193 e. The highest BCUT2D eigenvalue weighted by Gasteiger charge is 1.78. The monoisotopic (exact) mass is 233 g/mol. The van der Waals surface area contributed by atoms with Gasteiger partial charge in [-0.3, -0.25) is 0 Å². The van der Waals surface area contributed by atoms with Crippen molar-refractivity contribution < 1.29 is 0 Å². The van der Waals surface area contributed by atoms with Crippen LogP contribution in [0.1, 0.15) is 5.56 Å². The molecular weight excluding hydrogens is 222 g/mol. The Morgan fingerprint density at radius 2 is 1.28 bits per heavy atom. The van der Waals surface area contributed by atoms with E-state index in [-0.39, 0.29) is 0 Å². The Labute approximate surface area is 107 Å². The number of benzene rings is 1. The van der Waals surface area contributed by atoms with Gasteiger partial charge < -0.3 is 0 Å². The highest BCUT2D eigenvalue weighted by molar-refractivity contribution is 5.50. The lowest BCUT2D eigenvalue weighted by Crippen LogP contribution is -1.66. The lowest BCUT2D eigenvalue weighted by Gasteiger charge is -1.87. The molecule has 0 amide bonds. The van der Waals surface area contributed by atoms with Crippen LogP contribution < -0.4 is 0 Å². The van der Waals surface area contributed by atoms with E-state index >= 15 is 0 Å². The van der Waals surface area contributed by atoms with E-state index in [1.165, 1.54) is 6.08 Å². The fourth-order valence-electron chi connectivity index (χ4n) is 0.904. The van der Waals surface area contributed by atoms with Gasteiger partial charge in [-0.2, -0.15) is 15.8 Å². The molecule has 0 heterocycles. The molecule has 0 saturated heterocycles. The molecule has 0 spiro atoms. The lowest BCUT2D eigenvalue weighted by atomic mass is 10.2. The summed E-state index contributed by atoms with van der Waals surface area (Å²) in [6.45, 7) is 0. The minimum Gasteiger partial charge on any atom is -0.193 e. The lowest BCUT2D eigenvalue weighted by molar-refractivity contribution is 1.52. The molecule has 0 fully saturated rings. The predicted octanol–water partition coefficient (Wildman–Crippen LogP) is 3.37. The number of nitrogens with zero attached hydrogens (tertiary/aromatic N) is 3. The number of allylic oxidation sites excluding steroid dienone is 5. The molecule has 0 aliphatic rings. The highest BCUT2D eigenvalue weighted by atomic mass is 14.2. The number of hydrogen-bond acceptors (Lipinski definition) is 3. The second-order valence-corrected chi connectivity index (χ2v) is 2.85. The van der Waals surface area contributed by atoms with Gasteiger partial charge in [0.15, 0.2) is 0 Å². The summed E-state index contributed by atoms with van der Waals surface area (Å²) < 4.78 is 0. The molecule has 3 heteroatoms. The average Bonchev–Trinajstić information content (AvgIpc) is 2.43. The maximum Gasteiger partial charge on any atom is 0.0919 e. The van der Waals surface area contributed by atoms with Crippen molar-refractivity contribution >= 4 is 6.08 Å². The summed E-state index contributed by atoms with van der Waals surface area (Å²) in [4.78, 5) is 0. The Bertz CT molecular complexity index is 516. The van der Waals surface area contributed by atoms with Gasteiger partial charge in [-0.05, 0) is 5.56 Å². The second-order valence-electron chi connectivity index (χ2n) is 2.85. The molecule has 86 valence electrons. The van der Waals surface area contributed by atoms with Gasteiger partial charge in [0.25, 0.3) is 0 Å². The van der Waals surface area contributed by atoms with E-state index in [4.69, 9.17) is 15.8 Å². The third-order valence-electron chi connectivity index (χ3n) is 1.60. The van der Waals surface area contributed by atoms with Gasteiger partial charge in [0.2, 0.25) is 0 Å². The fourth-order valence-corrected chi connectivity index (χ4v) is 0.904. The molecule has 0 unspecified atom stereocenters. The molecule has 18 heavy (non-hydrogen) atoms. The van der Waals surface area contributed by atoms with E-state index in [1.807, 2.05) is 48.6 Å². The van der Waals surface area contributed by atoms with Crippen LogP contribution in [0.5, 0.6) is 0 Å². The van der Waals surface area contributed by atoms with Crippen molar-refractivity contribution in [2.75, 3.05) is 0 Å². The summed E-state index contributed by atoms with van der Waals surface area (Å²) in [5, 5.41) is 23.6. The first kappa shape index (κ1) is 14.9. The van der Waals surface area contributed by atoms with Crippen LogP contribution in [0.2, 0.25) is 0 Å². The van der Waals surface area contributed by atoms with Gasteiger partial charge in [-0.25, -0.2) is 0 Å². The van der Waals surface area contributed by atoms with Crippen molar-refractivity contribution in [2.45, 2.75) is 0 Å². The first-order chi connectivity index (χ1) is 8.85. The quantitative estimate of drug-likeness (QED) is 0.580. The zero-order valence-corrected chi connectivity index (χ0v) is 9.69. The summed E-state index contributed by atoms with van der Waals surface area (Å²) in [5.74, 6) is 0. The minimum absolute atomic E-state index is 1.12. The van der Waals surface area contributed by atoms with E-state index in [2.05, 4.69) is 0 Å². The molecule has 0 radical (unpaired) electrons. The SMILES string of the molecule is N#C/C=C/C#N.N#CC=CC=Cc1ccccc1. The molecule has 0 aliphatic heterocycles. The van der Waals surface area contributed by atoms with Crippen LogP contribution in [0.15, 0.2) is 60.7 Å². The van der Waals surface area contributed by atoms with E-state index in [1.54, 1.807) is 18.2 Å². The first-order valence-corrected chi connectivity index (χ1v) is 5.07. The fraction of sp³-hybridized carbons (Fsp3) is 0. The van der Waals surface area contributed by atoms with Gasteiger partial charge in [-0.15, -0.1) is 0 Å². The molecular formula is C15H11N3. The summed E-state index contributed by atoms with van der Waals surface area (Å²) in [6.07, 6.45) is 9.21. The van der Waals surface area contributed by atoms with Crippen LogP contribution in [0.4, 0.5) is 0 Å². The summed E-state index contributed by atoms with van der Waals surface area (Å²) in [5.41, 5.74) is 1.14. The summed E-state index contributed by atoms with van der Waals surface area (Å²) in [7, 11) is 0. The van der Waals surface area contributed by atoms with Crippen molar-refractivity contribution in [3.8, 4) is 18.2 Å². The standard InChI is InChI=1S/C11H9N.C4H2N2/c12-10-6-2-5-9-11-7-3-1-4-8-11;5-3-1-2-4-6/h1-9H;1-2H/b;2-1+. The molecule has 3 nitrogen and oxygen atoms in total. The Kier molecular flexibility index (Phi) is 9.92. The topological polar surface area (TPSA) is 71.4 Å². The third kappa shape index (κ3) is 9.46. The van der Waals surface area contributed by atoms with Crippen LogP contribution in [0.25, 0.3) is 6.08 Å². The first-order valence-electron chi connectivity index (χ1n) is 5.07. The zero-order chi connectivity index (χ0) is 13.5. The minimum atomic E-state index is 1.12. The number of hydrogen-bond donors (Lipinski definition) is 0. The summed E-state index contributed by atoms with van der Waals surface area (Å²) >= 11 is 0. The predicted molar refractivity (Wildman–Crippen MR) is 70.6 cm³/mol. The normalized spacial score (nSPS) is 9.39. The molecule has 0 saturated carbocycles. The van der Waals surface area contributed by atoms with Crippen LogP contribution in [-0.2, 0) is 0 Å². The Hall–Kier alpha value is -3.09. The molecule has 0 aromatic heterocycles. The second kappa shape index (κ2) is 12.0. The maximum absolute atomic E-state index is 8.19.